The first-order chi connectivity index (χ1) is 14.1. The van der Waals surface area contributed by atoms with Gasteiger partial charge >= 0.3 is 5.97 Å². The third-order valence-corrected chi connectivity index (χ3v) is 6.65. The fraction of sp³-hybridized carbons (Fsp3) is 0.500. The Morgan fingerprint density at radius 1 is 1.21 bits per heavy atom. The van der Waals surface area contributed by atoms with Crippen molar-refractivity contribution in [1.82, 2.24) is 14.7 Å². The minimum absolute atomic E-state index is 0.0351. The molecule has 3 rings (SSSR count). The van der Waals surface area contributed by atoms with Crippen molar-refractivity contribution in [3.8, 4) is 5.69 Å². The van der Waals surface area contributed by atoms with E-state index in [1.54, 1.807) is 34.8 Å². The monoisotopic (exact) mass is 415 g/mol. The average molecular weight is 416 g/mol. The fourth-order valence-corrected chi connectivity index (χ4v) is 4.65. The molecule has 0 N–H and O–H groups in total. The lowest BCUT2D eigenvalue weighted by atomic mass is 9.94. The summed E-state index contributed by atoms with van der Waals surface area (Å²) in [5.41, 5.74) is 1.95. The Morgan fingerprint density at radius 3 is 2.52 bits per heavy atom. The van der Waals surface area contributed by atoms with Gasteiger partial charge in [0.25, 0.3) is 5.91 Å². The average Bonchev–Trinajstić information content (AvgIpc) is 3.20. The zero-order valence-electron chi connectivity index (χ0n) is 17.4. The molecule has 0 atom stereocenters. The highest BCUT2D eigenvalue weighted by molar-refractivity contribution is 7.99. The number of carbonyl (C=O) groups is 2. The number of thioether (sulfide) groups is 1. The molecule has 0 radical (unpaired) electrons. The van der Waals surface area contributed by atoms with Gasteiger partial charge in [-0.3, -0.25) is 4.79 Å². The third-order valence-electron chi connectivity index (χ3n) is 5.37. The summed E-state index contributed by atoms with van der Waals surface area (Å²) < 4.78 is 6.56. The van der Waals surface area contributed by atoms with Gasteiger partial charge in [-0.2, -0.15) is 5.10 Å². The first-order valence-corrected chi connectivity index (χ1v) is 11.2. The summed E-state index contributed by atoms with van der Waals surface area (Å²) in [6.45, 7) is 2.12. The van der Waals surface area contributed by atoms with Gasteiger partial charge in [0.15, 0.2) is 0 Å². The van der Waals surface area contributed by atoms with Crippen molar-refractivity contribution in [3.63, 3.8) is 0 Å². The number of hydrogen-bond donors (Lipinski definition) is 0. The molecule has 6 nitrogen and oxygen atoms in total. The fourth-order valence-electron chi connectivity index (χ4n) is 3.69. The molecular weight excluding hydrogens is 386 g/mol. The standard InChI is InChI=1S/C22H29N3O3S/c1-4-14-29-21-19(20(26)24(2)17-8-6-5-7-9-17)15-23-25(21)18-12-10-16(11-13-18)22(27)28-3/h10-13,15,17H,4-9,14H2,1-3H3. The van der Waals surface area contributed by atoms with Crippen LogP contribution in [-0.2, 0) is 4.74 Å². The summed E-state index contributed by atoms with van der Waals surface area (Å²) in [4.78, 5) is 26.8. The van der Waals surface area contributed by atoms with Crippen molar-refractivity contribution >= 4 is 23.6 Å². The molecule has 0 aliphatic heterocycles. The third kappa shape index (κ3) is 4.83. The number of amides is 1. The lowest BCUT2D eigenvalue weighted by molar-refractivity contribution is 0.0600. The zero-order valence-corrected chi connectivity index (χ0v) is 18.2. The summed E-state index contributed by atoms with van der Waals surface area (Å²) in [6.07, 6.45) is 8.45. The lowest BCUT2D eigenvalue weighted by Crippen LogP contribution is -2.38. The molecule has 0 unspecified atom stereocenters. The molecule has 1 saturated carbocycles. The van der Waals surface area contributed by atoms with Gasteiger partial charge in [-0.1, -0.05) is 26.2 Å². The summed E-state index contributed by atoms with van der Waals surface area (Å²) in [6, 6.07) is 7.39. The highest BCUT2D eigenvalue weighted by Gasteiger charge is 2.27. The van der Waals surface area contributed by atoms with Crippen LogP contribution in [0.1, 0.15) is 66.2 Å². The smallest absolute Gasteiger partial charge is 0.337 e. The number of ether oxygens (including phenoxy) is 1. The molecule has 1 aliphatic rings. The first kappa shape index (κ1) is 21.4. The maximum Gasteiger partial charge on any atom is 0.337 e. The van der Waals surface area contributed by atoms with Crippen LogP contribution in [-0.4, -0.2) is 52.5 Å². The van der Waals surface area contributed by atoms with Crippen LogP contribution in [0.2, 0.25) is 0 Å². The Labute approximate surface area is 176 Å². The largest absolute Gasteiger partial charge is 0.465 e. The molecule has 1 aliphatic carbocycles. The number of esters is 1. The molecule has 1 amide bonds. The molecule has 156 valence electrons. The number of nitrogens with zero attached hydrogens (tertiary/aromatic N) is 3. The zero-order chi connectivity index (χ0) is 20.8. The van der Waals surface area contributed by atoms with Crippen LogP contribution < -0.4 is 0 Å². The van der Waals surface area contributed by atoms with Crippen LogP contribution in [0.15, 0.2) is 35.5 Å². The Hall–Kier alpha value is -2.28. The van der Waals surface area contributed by atoms with Crippen molar-refractivity contribution in [2.24, 2.45) is 0 Å². The van der Waals surface area contributed by atoms with E-state index in [1.165, 1.54) is 26.4 Å². The second-order valence-corrected chi connectivity index (χ2v) is 8.45. The quantitative estimate of drug-likeness (QED) is 0.490. The normalized spacial score (nSPS) is 14.6. The van der Waals surface area contributed by atoms with Gasteiger partial charge in [-0.15, -0.1) is 11.8 Å². The van der Waals surface area contributed by atoms with Gasteiger partial charge in [-0.25, -0.2) is 9.48 Å². The van der Waals surface area contributed by atoms with E-state index in [0.29, 0.717) is 17.2 Å². The number of methoxy groups -OCH3 is 1. The molecule has 29 heavy (non-hydrogen) atoms. The predicted octanol–water partition coefficient (Wildman–Crippen LogP) is 4.57. The maximum atomic E-state index is 13.3. The van der Waals surface area contributed by atoms with E-state index >= 15 is 0 Å². The molecule has 0 bridgehead atoms. The van der Waals surface area contributed by atoms with Gasteiger partial charge < -0.3 is 9.64 Å². The summed E-state index contributed by atoms with van der Waals surface area (Å²) in [5, 5.41) is 5.37. The van der Waals surface area contributed by atoms with Gasteiger partial charge in [0, 0.05) is 13.1 Å². The first-order valence-electron chi connectivity index (χ1n) is 10.2. The molecule has 1 aromatic carbocycles. The van der Waals surface area contributed by atoms with E-state index in [-0.39, 0.29) is 11.9 Å². The van der Waals surface area contributed by atoms with Crippen LogP contribution in [0.25, 0.3) is 5.69 Å². The second kappa shape index (κ2) is 9.96. The maximum absolute atomic E-state index is 13.3. The topological polar surface area (TPSA) is 64.4 Å². The molecular formula is C22H29N3O3S. The van der Waals surface area contributed by atoms with Crippen molar-refractivity contribution in [1.29, 1.82) is 0 Å². The predicted molar refractivity (Wildman–Crippen MR) is 115 cm³/mol. The molecule has 1 heterocycles. The molecule has 1 aromatic heterocycles. The number of carbonyl (C=O) groups excluding carboxylic acids is 2. The van der Waals surface area contributed by atoms with Gasteiger partial charge in [0.2, 0.25) is 0 Å². The molecule has 7 heteroatoms. The lowest BCUT2D eigenvalue weighted by Gasteiger charge is -2.31. The minimum Gasteiger partial charge on any atom is -0.465 e. The van der Waals surface area contributed by atoms with Crippen molar-refractivity contribution in [2.45, 2.75) is 56.5 Å². The van der Waals surface area contributed by atoms with Crippen molar-refractivity contribution in [2.75, 3.05) is 19.9 Å². The summed E-state index contributed by atoms with van der Waals surface area (Å²) in [5.74, 6) is 0.565. The highest BCUT2D eigenvalue weighted by atomic mass is 32.2. The van der Waals surface area contributed by atoms with Gasteiger partial charge in [-0.05, 0) is 49.3 Å². The van der Waals surface area contributed by atoms with Crippen LogP contribution >= 0.6 is 11.8 Å². The van der Waals surface area contributed by atoms with Crippen LogP contribution in [0, 0.1) is 0 Å². The number of benzene rings is 1. The number of hydrogen-bond acceptors (Lipinski definition) is 5. The molecule has 1 fully saturated rings. The van der Waals surface area contributed by atoms with E-state index in [9.17, 15) is 9.59 Å². The summed E-state index contributed by atoms with van der Waals surface area (Å²) in [7, 11) is 3.28. The molecule has 2 aromatic rings. The Balaban J connectivity index is 1.89. The van der Waals surface area contributed by atoms with Crippen molar-refractivity contribution in [3.05, 3.63) is 41.6 Å². The van der Waals surface area contributed by atoms with E-state index in [4.69, 9.17) is 4.74 Å². The SMILES string of the molecule is CCCSc1c(C(=O)N(C)C2CCCCC2)cnn1-c1ccc(C(=O)OC)cc1. The second-order valence-electron chi connectivity index (χ2n) is 7.37. The molecule has 0 saturated heterocycles. The van der Waals surface area contributed by atoms with E-state index in [0.717, 1.165) is 35.7 Å². The van der Waals surface area contributed by atoms with E-state index < -0.39 is 0 Å². The van der Waals surface area contributed by atoms with Gasteiger partial charge in [0.1, 0.15) is 5.03 Å². The van der Waals surface area contributed by atoms with Crippen LogP contribution in [0.3, 0.4) is 0 Å². The van der Waals surface area contributed by atoms with E-state index in [2.05, 4.69) is 12.0 Å². The Morgan fingerprint density at radius 2 is 1.90 bits per heavy atom. The Kier molecular flexibility index (Phi) is 7.36. The minimum atomic E-state index is -0.373. The van der Waals surface area contributed by atoms with Gasteiger partial charge in [0.05, 0.1) is 30.1 Å². The van der Waals surface area contributed by atoms with Crippen molar-refractivity contribution < 1.29 is 14.3 Å². The number of aromatic nitrogens is 2. The van der Waals surface area contributed by atoms with Crippen LogP contribution in [0.4, 0.5) is 0 Å². The number of rotatable bonds is 7. The Bertz CT molecular complexity index is 841. The summed E-state index contributed by atoms with van der Waals surface area (Å²) >= 11 is 1.64. The molecule has 0 spiro atoms. The van der Waals surface area contributed by atoms with Crippen LogP contribution in [0.5, 0.6) is 0 Å². The van der Waals surface area contributed by atoms with E-state index in [1.807, 2.05) is 24.1 Å². The highest BCUT2D eigenvalue weighted by Crippen LogP contribution is 2.29.